The van der Waals surface area contributed by atoms with Crippen molar-refractivity contribution < 1.29 is 0 Å². The second-order valence-corrected chi connectivity index (χ2v) is 5.24. The number of piperazine rings is 1. The Morgan fingerprint density at radius 1 is 1.05 bits per heavy atom. The van der Waals surface area contributed by atoms with Crippen LogP contribution in [0.15, 0.2) is 36.9 Å². The predicted molar refractivity (Wildman–Crippen MR) is 79.8 cm³/mol. The smallest absolute Gasteiger partial charge is 0.109 e. The number of rotatable bonds is 4. The van der Waals surface area contributed by atoms with E-state index in [0.717, 1.165) is 39.1 Å². The lowest BCUT2D eigenvalue weighted by Crippen LogP contribution is -2.47. The molecular weight excluding hydrogens is 250 g/mol. The summed E-state index contributed by atoms with van der Waals surface area (Å²) >= 11 is 0. The van der Waals surface area contributed by atoms with Crippen molar-refractivity contribution in [1.82, 2.24) is 19.4 Å². The first-order chi connectivity index (χ1) is 9.83. The standard InChI is InChI=1S/C15H21N5/c1-18-9-7-17-15(18)4-8-19-10-12-20(13-11-19)14-2-5-16-6-3-14/h2-3,5-7,9H,4,8,10-13H2,1H3. The summed E-state index contributed by atoms with van der Waals surface area (Å²) in [7, 11) is 2.06. The molecule has 0 radical (unpaired) electrons. The van der Waals surface area contributed by atoms with Crippen molar-refractivity contribution in [1.29, 1.82) is 0 Å². The van der Waals surface area contributed by atoms with Gasteiger partial charge in [-0.2, -0.15) is 0 Å². The van der Waals surface area contributed by atoms with Crippen molar-refractivity contribution >= 4 is 5.69 Å². The van der Waals surface area contributed by atoms with Crippen LogP contribution in [0.25, 0.3) is 0 Å². The van der Waals surface area contributed by atoms with E-state index in [1.807, 2.05) is 24.8 Å². The molecule has 5 heteroatoms. The molecule has 2 aromatic heterocycles. The quantitative estimate of drug-likeness (QED) is 0.837. The molecule has 0 aromatic carbocycles. The Morgan fingerprint density at radius 2 is 1.80 bits per heavy atom. The van der Waals surface area contributed by atoms with Crippen molar-refractivity contribution in [2.75, 3.05) is 37.6 Å². The minimum atomic E-state index is 1.03. The molecule has 0 bridgehead atoms. The molecule has 20 heavy (non-hydrogen) atoms. The number of hydrogen-bond donors (Lipinski definition) is 0. The highest BCUT2D eigenvalue weighted by molar-refractivity contribution is 5.44. The summed E-state index contributed by atoms with van der Waals surface area (Å²) < 4.78 is 2.10. The summed E-state index contributed by atoms with van der Waals surface area (Å²) in [5.74, 6) is 1.17. The molecule has 0 amide bonds. The van der Waals surface area contributed by atoms with E-state index in [1.165, 1.54) is 11.5 Å². The van der Waals surface area contributed by atoms with Crippen LogP contribution in [0, 0.1) is 0 Å². The van der Waals surface area contributed by atoms with Crippen molar-refractivity contribution in [3.63, 3.8) is 0 Å². The van der Waals surface area contributed by atoms with E-state index in [2.05, 4.69) is 43.5 Å². The molecule has 0 saturated carbocycles. The normalized spacial score (nSPS) is 16.6. The van der Waals surface area contributed by atoms with Crippen LogP contribution in [0.4, 0.5) is 5.69 Å². The number of aryl methyl sites for hydroxylation is 1. The summed E-state index contributed by atoms with van der Waals surface area (Å²) in [5, 5.41) is 0. The summed E-state index contributed by atoms with van der Waals surface area (Å²) in [5.41, 5.74) is 1.28. The summed E-state index contributed by atoms with van der Waals surface area (Å²) in [6.45, 7) is 5.50. The first kappa shape index (κ1) is 13.1. The van der Waals surface area contributed by atoms with Crippen molar-refractivity contribution in [2.24, 2.45) is 7.05 Å². The molecule has 1 saturated heterocycles. The van der Waals surface area contributed by atoms with Gasteiger partial charge in [0, 0.05) is 76.7 Å². The van der Waals surface area contributed by atoms with Gasteiger partial charge in [0.1, 0.15) is 5.82 Å². The fourth-order valence-electron chi connectivity index (χ4n) is 2.68. The monoisotopic (exact) mass is 271 g/mol. The van der Waals surface area contributed by atoms with Crippen molar-refractivity contribution in [3.8, 4) is 0 Å². The van der Waals surface area contributed by atoms with Gasteiger partial charge in [0.2, 0.25) is 0 Å². The molecule has 1 fully saturated rings. The minimum absolute atomic E-state index is 1.03. The highest BCUT2D eigenvalue weighted by Crippen LogP contribution is 2.14. The summed E-state index contributed by atoms with van der Waals surface area (Å²) in [4.78, 5) is 13.4. The zero-order chi connectivity index (χ0) is 13.8. The number of imidazole rings is 1. The highest BCUT2D eigenvalue weighted by atomic mass is 15.3. The van der Waals surface area contributed by atoms with E-state index in [9.17, 15) is 0 Å². The average molecular weight is 271 g/mol. The molecule has 2 aromatic rings. The topological polar surface area (TPSA) is 37.2 Å². The van der Waals surface area contributed by atoms with Crippen LogP contribution in [0.5, 0.6) is 0 Å². The first-order valence-corrected chi connectivity index (χ1v) is 7.16. The second kappa shape index (κ2) is 6.05. The number of nitrogens with zero attached hydrogens (tertiary/aromatic N) is 5. The van der Waals surface area contributed by atoms with E-state index in [0.29, 0.717) is 0 Å². The van der Waals surface area contributed by atoms with Gasteiger partial charge in [-0.05, 0) is 12.1 Å². The maximum absolute atomic E-state index is 4.38. The van der Waals surface area contributed by atoms with Crippen LogP contribution in [-0.4, -0.2) is 52.2 Å². The molecule has 0 atom stereocenters. The lowest BCUT2D eigenvalue weighted by atomic mass is 10.2. The van der Waals surface area contributed by atoms with E-state index in [1.54, 1.807) is 0 Å². The molecule has 3 heterocycles. The van der Waals surface area contributed by atoms with Crippen LogP contribution >= 0.6 is 0 Å². The van der Waals surface area contributed by atoms with Crippen LogP contribution < -0.4 is 4.90 Å². The lowest BCUT2D eigenvalue weighted by Gasteiger charge is -2.36. The van der Waals surface area contributed by atoms with Crippen LogP contribution in [0.3, 0.4) is 0 Å². The fourth-order valence-corrected chi connectivity index (χ4v) is 2.68. The van der Waals surface area contributed by atoms with Gasteiger partial charge >= 0.3 is 0 Å². The van der Waals surface area contributed by atoms with Gasteiger partial charge < -0.3 is 9.47 Å². The molecular formula is C15H21N5. The summed E-state index contributed by atoms with van der Waals surface area (Å²) in [6, 6.07) is 4.17. The molecule has 5 nitrogen and oxygen atoms in total. The van der Waals surface area contributed by atoms with Crippen molar-refractivity contribution in [3.05, 3.63) is 42.7 Å². The van der Waals surface area contributed by atoms with E-state index < -0.39 is 0 Å². The third kappa shape index (κ3) is 2.99. The molecule has 106 valence electrons. The first-order valence-electron chi connectivity index (χ1n) is 7.16. The van der Waals surface area contributed by atoms with Crippen LogP contribution in [-0.2, 0) is 13.5 Å². The van der Waals surface area contributed by atoms with Gasteiger partial charge in [-0.15, -0.1) is 0 Å². The maximum Gasteiger partial charge on any atom is 0.109 e. The van der Waals surface area contributed by atoms with E-state index in [-0.39, 0.29) is 0 Å². The SMILES string of the molecule is Cn1ccnc1CCN1CCN(c2ccncc2)CC1. The number of aromatic nitrogens is 3. The Morgan fingerprint density at radius 3 is 2.45 bits per heavy atom. The maximum atomic E-state index is 4.38. The molecule has 3 rings (SSSR count). The molecule has 0 aliphatic carbocycles. The second-order valence-electron chi connectivity index (χ2n) is 5.24. The Kier molecular flexibility index (Phi) is 3.97. The number of pyridine rings is 1. The largest absolute Gasteiger partial charge is 0.369 e. The third-order valence-corrected chi connectivity index (χ3v) is 3.97. The number of anilines is 1. The Hall–Kier alpha value is -1.88. The van der Waals surface area contributed by atoms with Gasteiger partial charge in [-0.1, -0.05) is 0 Å². The van der Waals surface area contributed by atoms with E-state index >= 15 is 0 Å². The van der Waals surface area contributed by atoms with Gasteiger partial charge in [-0.25, -0.2) is 4.98 Å². The Balaban J connectivity index is 1.48. The average Bonchev–Trinajstić information content (AvgIpc) is 2.92. The lowest BCUT2D eigenvalue weighted by molar-refractivity contribution is 0.259. The molecule has 0 unspecified atom stereocenters. The Labute approximate surface area is 119 Å². The van der Waals surface area contributed by atoms with Crippen LogP contribution in [0.2, 0.25) is 0 Å². The molecule has 1 aliphatic heterocycles. The fraction of sp³-hybridized carbons (Fsp3) is 0.467. The third-order valence-electron chi connectivity index (χ3n) is 3.97. The van der Waals surface area contributed by atoms with Gasteiger partial charge in [0.25, 0.3) is 0 Å². The van der Waals surface area contributed by atoms with Crippen molar-refractivity contribution in [2.45, 2.75) is 6.42 Å². The van der Waals surface area contributed by atoms with Gasteiger partial charge in [0.15, 0.2) is 0 Å². The Bertz CT molecular complexity index is 528. The predicted octanol–water partition coefficient (Wildman–Crippen LogP) is 1.18. The number of hydrogen-bond acceptors (Lipinski definition) is 4. The molecule has 0 spiro atoms. The molecule has 1 aliphatic rings. The molecule has 0 N–H and O–H groups in total. The summed E-state index contributed by atoms with van der Waals surface area (Å²) in [6.07, 6.45) is 8.64. The van der Waals surface area contributed by atoms with Gasteiger partial charge in [-0.3, -0.25) is 9.88 Å². The van der Waals surface area contributed by atoms with Crippen LogP contribution in [0.1, 0.15) is 5.82 Å². The van der Waals surface area contributed by atoms with Gasteiger partial charge in [0.05, 0.1) is 0 Å². The minimum Gasteiger partial charge on any atom is -0.369 e. The van der Waals surface area contributed by atoms with E-state index in [4.69, 9.17) is 0 Å². The zero-order valence-electron chi connectivity index (χ0n) is 11.9. The highest BCUT2D eigenvalue weighted by Gasteiger charge is 2.17. The zero-order valence-corrected chi connectivity index (χ0v) is 11.9.